The van der Waals surface area contributed by atoms with E-state index in [1.165, 1.54) is 19.3 Å². The summed E-state index contributed by atoms with van der Waals surface area (Å²) in [4.78, 5) is 4.35. The fourth-order valence-corrected chi connectivity index (χ4v) is 1.66. The van der Waals surface area contributed by atoms with Crippen LogP contribution >= 0.6 is 0 Å². The number of aromatic nitrogens is 2. The van der Waals surface area contributed by atoms with Crippen molar-refractivity contribution in [2.24, 2.45) is 0 Å². The lowest BCUT2D eigenvalue weighted by Crippen LogP contribution is -2.12. The summed E-state index contributed by atoms with van der Waals surface area (Å²) in [6.45, 7) is 3.01. The van der Waals surface area contributed by atoms with Crippen molar-refractivity contribution in [3.8, 4) is 0 Å². The monoisotopic (exact) mass is 165 g/mol. The van der Waals surface area contributed by atoms with E-state index in [9.17, 15) is 0 Å². The molecule has 1 aromatic rings. The Morgan fingerprint density at radius 1 is 1.67 bits per heavy atom. The molecule has 1 heterocycles. The summed E-state index contributed by atoms with van der Waals surface area (Å²) in [5.41, 5.74) is 7.05. The van der Waals surface area contributed by atoms with Crippen molar-refractivity contribution in [1.82, 2.24) is 9.55 Å². The van der Waals surface area contributed by atoms with Crippen LogP contribution in [0.1, 0.15) is 37.8 Å². The summed E-state index contributed by atoms with van der Waals surface area (Å²) in [6, 6.07) is 0. The van der Waals surface area contributed by atoms with Gasteiger partial charge in [-0.15, -0.1) is 0 Å². The number of hydrogen-bond acceptors (Lipinski definition) is 2. The number of rotatable bonds is 2. The second-order valence-corrected chi connectivity index (χ2v) is 3.43. The van der Waals surface area contributed by atoms with Gasteiger partial charge in [-0.05, 0) is 19.8 Å². The Morgan fingerprint density at radius 2 is 2.42 bits per heavy atom. The van der Waals surface area contributed by atoms with E-state index in [0.717, 1.165) is 18.1 Å². The molecule has 2 N–H and O–H groups in total. The SMILES string of the molecule is CCn1cnc(C2CCC2)c1N. The van der Waals surface area contributed by atoms with Gasteiger partial charge in [0.2, 0.25) is 0 Å². The molecule has 0 bridgehead atoms. The number of nitrogens with two attached hydrogens (primary N) is 1. The maximum atomic E-state index is 5.92. The van der Waals surface area contributed by atoms with Gasteiger partial charge in [0.1, 0.15) is 5.82 Å². The van der Waals surface area contributed by atoms with Gasteiger partial charge >= 0.3 is 0 Å². The van der Waals surface area contributed by atoms with Crippen LogP contribution in [0, 0.1) is 0 Å². The average Bonchev–Trinajstić information content (AvgIpc) is 2.30. The van der Waals surface area contributed by atoms with Crippen molar-refractivity contribution in [1.29, 1.82) is 0 Å². The van der Waals surface area contributed by atoms with E-state index < -0.39 is 0 Å². The third kappa shape index (κ3) is 1.00. The van der Waals surface area contributed by atoms with E-state index in [1.54, 1.807) is 0 Å². The van der Waals surface area contributed by atoms with Crippen molar-refractivity contribution in [3.05, 3.63) is 12.0 Å². The minimum atomic E-state index is 0.651. The molecule has 1 saturated carbocycles. The van der Waals surface area contributed by atoms with Crippen molar-refractivity contribution in [2.75, 3.05) is 5.73 Å². The molecule has 0 radical (unpaired) electrons. The lowest BCUT2D eigenvalue weighted by Gasteiger charge is -2.23. The van der Waals surface area contributed by atoms with E-state index in [4.69, 9.17) is 5.73 Å². The van der Waals surface area contributed by atoms with Gasteiger partial charge in [0, 0.05) is 12.5 Å². The Hall–Kier alpha value is -0.990. The van der Waals surface area contributed by atoms with Crippen molar-refractivity contribution in [2.45, 2.75) is 38.6 Å². The molecule has 1 aromatic heterocycles. The van der Waals surface area contributed by atoms with Gasteiger partial charge in [-0.25, -0.2) is 4.98 Å². The van der Waals surface area contributed by atoms with Crippen LogP contribution in [-0.4, -0.2) is 9.55 Å². The highest BCUT2D eigenvalue weighted by Crippen LogP contribution is 2.37. The van der Waals surface area contributed by atoms with Gasteiger partial charge in [0.15, 0.2) is 0 Å². The van der Waals surface area contributed by atoms with E-state index in [1.807, 2.05) is 10.9 Å². The smallest absolute Gasteiger partial charge is 0.126 e. The fourth-order valence-electron chi connectivity index (χ4n) is 1.66. The zero-order valence-electron chi connectivity index (χ0n) is 7.45. The second-order valence-electron chi connectivity index (χ2n) is 3.43. The van der Waals surface area contributed by atoms with Crippen LogP contribution in [0.15, 0.2) is 6.33 Å². The summed E-state index contributed by atoms with van der Waals surface area (Å²) in [6.07, 6.45) is 5.72. The Bertz CT molecular complexity index is 273. The molecule has 1 aliphatic carbocycles. The average molecular weight is 165 g/mol. The molecule has 1 aliphatic rings. The Kier molecular flexibility index (Phi) is 1.79. The number of hydrogen-bond donors (Lipinski definition) is 1. The van der Waals surface area contributed by atoms with Crippen LogP contribution in [0.3, 0.4) is 0 Å². The van der Waals surface area contributed by atoms with Crippen LogP contribution in [0.2, 0.25) is 0 Å². The van der Waals surface area contributed by atoms with Gasteiger partial charge in [-0.1, -0.05) is 6.42 Å². The first-order valence-electron chi connectivity index (χ1n) is 4.63. The number of aryl methyl sites for hydroxylation is 1. The molecule has 0 spiro atoms. The summed E-state index contributed by atoms with van der Waals surface area (Å²) < 4.78 is 2.01. The Morgan fingerprint density at radius 3 is 2.83 bits per heavy atom. The molecular weight excluding hydrogens is 150 g/mol. The zero-order valence-corrected chi connectivity index (χ0v) is 7.45. The highest BCUT2D eigenvalue weighted by molar-refractivity contribution is 5.39. The molecule has 1 fully saturated rings. The highest BCUT2D eigenvalue weighted by atomic mass is 15.1. The number of anilines is 1. The molecule has 0 atom stereocenters. The van der Waals surface area contributed by atoms with Gasteiger partial charge < -0.3 is 10.3 Å². The molecule has 0 amide bonds. The van der Waals surface area contributed by atoms with Gasteiger partial charge in [-0.2, -0.15) is 0 Å². The third-order valence-electron chi connectivity index (χ3n) is 2.74. The lowest BCUT2D eigenvalue weighted by molar-refractivity contribution is 0.413. The van der Waals surface area contributed by atoms with E-state index in [2.05, 4.69) is 11.9 Å². The maximum Gasteiger partial charge on any atom is 0.126 e. The number of imidazole rings is 1. The van der Waals surface area contributed by atoms with Crippen LogP contribution in [0.4, 0.5) is 5.82 Å². The van der Waals surface area contributed by atoms with Gasteiger partial charge in [-0.3, -0.25) is 0 Å². The van der Waals surface area contributed by atoms with Crippen molar-refractivity contribution in [3.63, 3.8) is 0 Å². The first-order valence-corrected chi connectivity index (χ1v) is 4.63. The largest absolute Gasteiger partial charge is 0.384 e. The minimum Gasteiger partial charge on any atom is -0.384 e. The van der Waals surface area contributed by atoms with E-state index in [-0.39, 0.29) is 0 Å². The van der Waals surface area contributed by atoms with E-state index in [0.29, 0.717) is 5.92 Å². The molecule has 3 heteroatoms. The molecule has 12 heavy (non-hydrogen) atoms. The first-order chi connectivity index (χ1) is 5.83. The van der Waals surface area contributed by atoms with Crippen LogP contribution < -0.4 is 5.73 Å². The zero-order chi connectivity index (χ0) is 8.55. The van der Waals surface area contributed by atoms with Gasteiger partial charge in [0.25, 0.3) is 0 Å². The minimum absolute atomic E-state index is 0.651. The Balaban J connectivity index is 2.25. The summed E-state index contributed by atoms with van der Waals surface area (Å²) in [5, 5.41) is 0. The standard InChI is InChI=1S/C9H15N3/c1-2-12-6-11-8(9(12)10)7-4-3-5-7/h6-7H,2-5,10H2,1H3. The molecule has 2 rings (SSSR count). The topological polar surface area (TPSA) is 43.8 Å². The normalized spacial score (nSPS) is 17.8. The van der Waals surface area contributed by atoms with Crippen molar-refractivity contribution < 1.29 is 0 Å². The van der Waals surface area contributed by atoms with Crippen LogP contribution in [-0.2, 0) is 6.54 Å². The predicted molar refractivity (Wildman–Crippen MR) is 48.9 cm³/mol. The summed E-state index contributed by atoms with van der Waals surface area (Å²) >= 11 is 0. The first kappa shape index (κ1) is 7.65. The molecular formula is C9H15N3. The summed E-state index contributed by atoms with van der Waals surface area (Å²) in [7, 11) is 0. The molecule has 0 saturated heterocycles. The molecule has 0 aliphatic heterocycles. The van der Waals surface area contributed by atoms with Crippen LogP contribution in [0.25, 0.3) is 0 Å². The second kappa shape index (κ2) is 2.81. The third-order valence-corrected chi connectivity index (χ3v) is 2.74. The summed E-state index contributed by atoms with van der Waals surface area (Å²) in [5.74, 6) is 1.53. The predicted octanol–water partition coefficient (Wildman–Crippen LogP) is 1.75. The van der Waals surface area contributed by atoms with Crippen molar-refractivity contribution >= 4 is 5.82 Å². The number of nitrogens with zero attached hydrogens (tertiary/aromatic N) is 2. The van der Waals surface area contributed by atoms with E-state index >= 15 is 0 Å². The molecule has 0 aromatic carbocycles. The molecule has 0 unspecified atom stereocenters. The fraction of sp³-hybridized carbons (Fsp3) is 0.667. The van der Waals surface area contributed by atoms with Gasteiger partial charge in [0.05, 0.1) is 12.0 Å². The van der Waals surface area contributed by atoms with Crippen LogP contribution in [0.5, 0.6) is 0 Å². The number of nitrogen functional groups attached to an aromatic ring is 1. The molecule has 66 valence electrons. The maximum absolute atomic E-state index is 5.92. The lowest BCUT2D eigenvalue weighted by atomic mass is 9.83. The highest BCUT2D eigenvalue weighted by Gasteiger charge is 2.24. The molecule has 3 nitrogen and oxygen atoms in total. The quantitative estimate of drug-likeness (QED) is 0.725. The Labute approximate surface area is 72.6 Å².